The third-order valence-electron chi connectivity index (χ3n) is 6.85. The number of carbonyl (C=O) groups excluding carboxylic acids is 2. The zero-order chi connectivity index (χ0) is 21.1. The maximum atomic E-state index is 14.5. The quantitative estimate of drug-likeness (QED) is 0.801. The van der Waals surface area contributed by atoms with Crippen LogP contribution in [0.1, 0.15) is 44.1 Å². The van der Waals surface area contributed by atoms with E-state index in [9.17, 15) is 14.0 Å². The van der Waals surface area contributed by atoms with Gasteiger partial charge in [-0.1, -0.05) is 61.7 Å². The van der Waals surface area contributed by atoms with Crippen molar-refractivity contribution in [1.82, 2.24) is 4.90 Å². The zero-order valence-electron chi connectivity index (χ0n) is 17.3. The number of amides is 2. The molecule has 1 atom stereocenters. The van der Waals surface area contributed by atoms with Gasteiger partial charge in [0, 0.05) is 24.6 Å². The molecule has 0 radical (unpaired) electrons. The summed E-state index contributed by atoms with van der Waals surface area (Å²) in [7, 11) is 0. The molecular weight excluding hydrogens is 379 g/mol. The average molecular weight is 409 g/mol. The van der Waals surface area contributed by atoms with Crippen molar-refractivity contribution in [3.63, 3.8) is 0 Å². The maximum Gasteiger partial charge on any atom is 0.225 e. The van der Waals surface area contributed by atoms with E-state index in [1.807, 2.05) is 29.2 Å². The van der Waals surface area contributed by atoms with E-state index in [-0.39, 0.29) is 23.5 Å². The second-order valence-electron chi connectivity index (χ2n) is 8.80. The van der Waals surface area contributed by atoms with Crippen molar-refractivity contribution in [1.29, 1.82) is 0 Å². The molecule has 0 bridgehead atoms. The van der Waals surface area contributed by atoms with Gasteiger partial charge in [0.25, 0.3) is 0 Å². The van der Waals surface area contributed by atoms with E-state index in [0.717, 1.165) is 36.8 Å². The molecule has 5 heteroatoms. The van der Waals surface area contributed by atoms with Crippen molar-refractivity contribution in [2.45, 2.75) is 44.9 Å². The number of likely N-dealkylation sites (tertiary alicyclic amines) is 1. The lowest BCUT2D eigenvalue weighted by atomic mass is 9.78. The summed E-state index contributed by atoms with van der Waals surface area (Å²) in [4.78, 5) is 27.5. The van der Waals surface area contributed by atoms with Crippen molar-refractivity contribution in [2.24, 2.45) is 17.1 Å². The van der Waals surface area contributed by atoms with Crippen LogP contribution in [0, 0.1) is 17.2 Å². The average Bonchev–Trinajstić information content (AvgIpc) is 3.20. The molecule has 1 heterocycles. The highest BCUT2D eigenvalue weighted by Crippen LogP contribution is 2.39. The predicted molar refractivity (Wildman–Crippen MR) is 115 cm³/mol. The Morgan fingerprint density at radius 2 is 1.67 bits per heavy atom. The van der Waals surface area contributed by atoms with Crippen LogP contribution >= 0.6 is 0 Å². The molecular formula is C25H29FN2O2. The lowest BCUT2D eigenvalue weighted by molar-refractivity contribution is -0.136. The Hall–Kier alpha value is -2.69. The number of nitrogens with zero attached hydrogens (tertiary/aromatic N) is 1. The minimum Gasteiger partial charge on any atom is -0.369 e. The summed E-state index contributed by atoms with van der Waals surface area (Å²) in [6.45, 7) is 0.906. The van der Waals surface area contributed by atoms with E-state index in [0.29, 0.717) is 31.5 Å². The fraction of sp³-hybridized carbons (Fsp3) is 0.440. The third kappa shape index (κ3) is 3.98. The van der Waals surface area contributed by atoms with Crippen LogP contribution in [0.2, 0.25) is 0 Å². The first kappa shape index (κ1) is 20.6. The maximum absolute atomic E-state index is 14.5. The van der Waals surface area contributed by atoms with Crippen LogP contribution in [-0.2, 0) is 16.0 Å². The summed E-state index contributed by atoms with van der Waals surface area (Å²) in [5.41, 5.74) is 7.24. The molecule has 1 unspecified atom stereocenters. The second kappa shape index (κ2) is 8.58. The second-order valence-corrected chi connectivity index (χ2v) is 8.80. The summed E-state index contributed by atoms with van der Waals surface area (Å²) in [6, 6.07) is 14.2. The lowest BCUT2D eigenvalue weighted by Gasteiger charge is -2.29. The number of rotatable bonds is 5. The van der Waals surface area contributed by atoms with Gasteiger partial charge in [-0.15, -0.1) is 0 Å². The fourth-order valence-electron chi connectivity index (χ4n) is 5.08. The van der Waals surface area contributed by atoms with Crippen molar-refractivity contribution >= 4 is 11.8 Å². The number of primary amides is 1. The summed E-state index contributed by atoms with van der Waals surface area (Å²) in [6.07, 6.45) is 6.22. The largest absolute Gasteiger partial charge is 0.369 e. The first-order valence-corrected chi connectivity index (χ1v) is 10.9. The molecule has 30 heavy (non-hydrogen) atoms. The van der Waals surface area contributed by atoms with Crippen LogP contribution in [0.15, 0.2) is 48.5 Å². The van der Waals surface area contributed by atoms with Crippen molar-refractivity contribution in [3.05, 3.63) is 59.9 Å². The molecule has 1 aliphatic carbocycles. The van der Waals surface area contributed by atoms with Gasteiger partial charge in [0.1, 0.15) is 5.82 Å². The van der Waals surface area contributed by atoms with Gasteiger partial charge in [0.2, 0.25) is 11.8 Å². The topological polar surface area (TPSA) is 63.4 Å². The molecule has 0 aromatic heterocycles. The van der Waals surface area contributed by atoms with Crippen LogP contribution < -0.4 is 5.73 Å². The Labute approximate surface area is 177 Å². The van der Waals surface area contributed by atoms with Crippen LogP contribution in [0.3, 0.4) is 0 Å². The highest BCUT2D eigenvalue weighted by molar-refractivity contribution is 5.85. The Balaban J connectivity index is 1.59. The molecule has 4 nitrogen and oxygen atoms in total. The van der Waals surface area contributed by atoms with Gasteiger partial charge in [-0.3, -0.25) is 9.59 Å². The Morgan fingerprint density at radius 1 is 1.00 bits per heavy atom. The van der Waals surface area contributed by atoms with Crippen molar-refractivity contribution in [3.8, 4) is 11.1 Å². The molecule has 1 saturated heterocycles. The molecule has 1 aliphatic heterocycles. The summed E-state index contributed by atoms with van der Waals surface area (Å²) < 4.78 is 14.5. The molecule has 2 aliphatic rings. The molecule has 2 aromatic rings. The van der Waals surface area contributed by atoms with Crippen LogP contribution in [0.4, 0.5) is 4.39 Å². The number of hydrogen-bond donors (Lipinski definition) is 1. The summed E-state index contributed by atoms with van der Waals surface area (Å²) >= 11 is 0. The van der Waals surface area contributed by atoms with Gasteiger partial charge in [-0.25, -0.2) is 4.39 Å². The van der Waals surface area contributed by atoms with Gasteiger partial charge < -0.3 is 10.6 Å². The van der Waals surface area contributed by atoms with Crippen LogP contribution in [-0.4, -0.2) is 29.8 Å². The fourth-order valence-corrected chi connectivity index (χ4v) is 5.08. The molecule has 0 spiro atoms. The minimum atomic E-state index is -0.814. The SMILES string of the molecule is NC(=O)C1(Cc2ccccc2-c2ccccc2F)CCN(C(=O)C2CCCCC2)C1. The molecule has 2 amide bonds. The molecule has 2 N–H and O–H groups in total. The van der Waals surface area contributed by atoms with E-state index in [4.69, 9.17) is 5.73 Å². The normalized spacial score (nSPS) is 22.2. The number of carbonyl (C=O) groups is 2. The summed E-state index contributed by atoms with van der Waals surface area (Å²) in [5, 5.41) is 0. The first-order chi connectivity index (χ1) is 14.5. The molecule has 2 aromatic carbocycles. The minimum absolute atomic E-state index is 0.0770. The van der Waals surface area contributed by atoms with Gasteiger partial charge in [0.15, 0.2) is 0 Å². The predicted octanol–water partition coefficient (Wildman–Crippen LogP) is 4.32. The van der Waals surface area contributed by atoms with Crippen LogP contribution in [0.25, 0.3) is 11.1 Å². The van der Waals surface area contributed by atoms with Gasteiger partial charge >= 0.3 is 0 Å². The number of halogens is 1. The van der Waals surface area contributed by atoms with Crippen molar-refractivity contribution < 1.29 is 14.0 Å². The highest BCUT2D eigenvalue weighted by atomic mass is 19.1. The molecule has 2 fully saturated rings. The molecule has 1 saturated carbocycles. The highest BCUT2D eigenvalue weighted by Gasteiger charge is 2.46. The van der Waals surface area contributed by atoms with Gasteiger partial charge in [-0.2, -0.15) is 0 Å². The van der Waals surface area contributed by atoms with E-state index in [1.54, 1.807) is 18.2 Å². The first-order valence-electron chi connectivity index (χ1n) is 10.9. The van der Waals surface area contributed by atoms with Crippen LogP contribution in [0.5, 0.6) is 0 Å². The summed E-state index contributed by atoms with van der Waals surface area (Å²) in [5.74, 6) is -0.434. The van der Waals surface area contributed by atoms with E-state index in [1.165, 1.54) is 12.5 Å². The Bertz CT molecular complexity index is 938. The van der Waals surface area contributed by atoms with E-state index in [2.05, 4.69) is 0 Å². The Kier molecular flexibility index (Phi) is 5.89. The van der Waals surface area contributed by atoms with Gasteiger partial charge in [-0.05, 0) is 42.9 Å². The lowest BCUT2D eigenvalue weighted by Crippen LogP contribution is -2.44. The monoisotopic (exact) mass is 408 g/mol. The molecule has 4 rings (SSSR count). The molecule has 158 valence electrons. The third-order valence-corrected chi connectivity index (χ3v) is 6.85. The Morgan fingerprint density at radius 3 is 2.37 bits per heavy atom. The van der Waals surface area contributed by atoms with E-state index >= 15 is 0 Å². The standard InChI is InChI=1S/C25H29FN2O2/c26-22-13-7-6-12-21(22)20-11-5-4-10-19(20)16-25(24(27)30)14-15-28(17-25)23(29)18-8-2-1-3-9-18/h4-7,10-13,18H,1-3,8-9,14-17H2,(H2,27,30). The smallest absolute Gasteiger partial charge is 0.225 e. The van der Waals surface area contributed by atoms with Gasteiger partial charge in [0.05, 0.1) is 5.41 Å². The number of benzene rings is 2. The van der Waals surface area contributed by atoms with E-state index < -0.39 is 5.41 Å². The zero-order valence-corrected chi connectivity index (χ0v) is 17.3. The number of nitrogens with two attached hydrogens (primary N) is 1. The van der Waals surface area contributed by atoms with Crippen molar-refractivity contribution in [2.75, 3.05) is 13.1 Å². The number of hydrogen-bond acceptors (Lipinski definition) is 2.